The number of para-hydroxylation sites is 1. The van der Waals surface area contributed by atoms with Crippen LogP contribution in [0.3, 0.4) is 0 Å². The molecule has 1 aromatic rings. The number of rotatable bonds is 5. The van der Waals surface area contributed by atoms with Crippen molar-refractivity contribution in [1.29, 1.82) is 0 Å². The summed E-state index contributed by atoms with van der Waals surface area (Å²) in [6.45, 7) is 7.10. The van der Waals surface area contributed by atoms with Crippen LogP contribution in [0.4, 0.5) is 5.69 Å². The van der Waals surface area contributed by atoms with E-state index in [4.69, 9.17) is 10.5 Å². The van der Waals surface area contributed by atoms with E-state index in [-0.39, 0.29) is 6.04 Å². The van der Waals surface area contributed by atoms with Gasteiger partial charge in [0.1, 0.15) is 0 Å². The van der Waals surface area contributed by atoms with Gasteiger partial charge >= 0.3 is 0 Å². The molecule has 1 unspecified atom stereocenters. The van der Waals surface area contributed by atoms with Crippen molar-refractivity contribution >= 4 is 5.69 Å². The molecule has 1 aliphatic rings. The number of nitrogens with two attached hydrogens (primary N) is 1. The molecule has 1 aromatic carbocycles. The standard InChI is InChI=1S/C16H26N2O/c1-3-15(17)14-9-5-6-10-16(14)18-11-7-8-13(12-18)19-4-2/h5-6,9-10,13,15H,3-4,7-8,11-12,17H2,1-2H3/t13?,15-/m1/s1. The van der Waals surface area contributed by atoms with Gasteiger partial charge in [-0.25, -0.2) is 0 Å². The lowest BCUT2D eigenvalue weighted by atomic mass is 10.00. The van der Waals surface area contributed by atoms with E-state index < -0.39 is 0 Å². The molecule has 1 fully saturated rings. The van der Waals surface area contributed by atoms with Crippen molar-refractivity contribution in [1.82, 2.24) is 0 Å². The van der Waals surface area contributed by atoms with Crippen LogP contribution in [0.15, 0.2) is 24.3 Å². The van der Waals surface area contributed by atoms with Crippen LogP contribution in [0.5, 0.6) is 0 Å². The summed E-state index contributed by atoms with van der Waals surface area (Å²) in [6.07, 6.45) is 3.71. The smallest absolute Gasteiger partial charge is 0.0750 e. The van der Waals surface area contributed by atoms with Gasteiger partial charge in [0.15, 0.2) is 0 Å². The summed E-state index contributed by atoms with van der Waals surface area (Å²) >= 11 is 0. The predicted molar refractivity (Wildman–Crippen MR) is 80.5 cm³/mol. The lowest BCUT2D eigenvalue weighted by Crippen LogP contribution is -2.40. The fourth-order valence-electron chi connectivity index (χ4n) is 2.84. The second kappa shape index (κ2) is 6.92. The zero-order valence-electron chi connectivity index (χ0n) is 12.1. The Balaban J connectivity index is 2.16. The summed E-state index contributed by atoms with van der Waals surface area (Å²) in [6, 6.07) is 8.67. The van der Waals surface area contributed by atoms with Gasteiger partial charge in [-0.15, -0.1) is 0 Å². The Kier molecular flexibility index (Phi) is 5.23. The van der Waals surface area contributed by atoms with E-state index in [0.717, 1.165) is 26.1 Å². The van der Waals surface area contributed by atoms with Crippen molar-refractivity contribution in [2.75, 3.05) is 24.6 Å². The topological polar surface area (TPSA) is 38.5 Å². The number of nitrogens with zero attached hydrogens (tertiary/aromatic N) is 1. The van der Waals surface area contributed by atoms with E-state index in [1.54, 1.807) is 0 Å². The number of anilines is 1. The second-order valence-corrected chi connectivity index (χ2v) is 5.24. The Morgan fingerprint density at radius 2 is 2.16 bits per heavy atom. The average Bonchev–Trinajstić information content (AvgIpc) is 2.47. The third kappa shape index (κ3) is 3.48. The largest absolute Gasteiger partial charge is 0.377 e. The Hall–Kier alpha value is -1.06. The molecular formula is C16H26N2O. The second-order valence-electron chi connectivity index (χ2n) is 5.24. The molecule has 2 atom stereocenters. The summed E-state index contributed by atoms with van der Waals surface area (Å²) in [5.41, 5.74) is 8.80. The molecule has 2 N–H and O–H groups in total. The third-order valence-electron chi connectivity index (χ3n) is 3.90. The summed E-state index contributed by atoms with van der Waals surface area (Å²) in [4.78, 5) is 2.44. The monoisotopic (exact) mass is 262 g/mol. The number of piperidine rings is 1. The van der Waals surface area contributed by atoms with Crippen LogP contribution in [-0.2, 0) is 4.74 Å². The van der Waals surface area contributed by atoms with Gasteiger partial charge in [-0.1, -0.05) is 25.1 Å². The Morgan fingerprint density at radius 3 is 2.89 bits per heavy atom. The molecule has 3 heteroatoms. The Labute approximate surface area is 116 Å². The first-order valence-corrected chi connectivity index (χ1v) is 7.47. The number of ether oxygens (including phenoxy) is 1. The molecule has 0 aliphatic carbocycles. The Morgan fingerprint density at radius 1 is 1.37 bits per heavy atom. The van der Waals surface area contributed by atoms with E-state index in [0.29, 0.717) is 6.10 Å². The molecule has 0 spiro atoms. The zero-order valence-corrected chi connectivity index (χ0v) is 12.1. The fourth-order valence-corrected chi connectivity index (χ4v) is 2.84. The minimum atomic E-state index is 0.128. The molecule has 0 aromatic heterocycles. The van der Waals surface area contributed by atoms with E-state index in [1.165, 1.54) is 24.1 Å². The number of hydrogen-bond donors (Lipinski definition) is 1. The molecule has 0 radical (unpaired) electrons. The van der Waals surface area contributed by atoms with E-state index >= 15 is 0 Å². The molecule has 19 heavy (non-hydrogen) atoms. The maximum Gasteiger partial charge on any atom is 0.0750 e. The summed E-state index contributed by atoms with van der Waals surface area (Å²) < 4.78 is 5.79. The minimum Gasteiger partial charge on any atom is -0.377 e. The highest BCUT2D eigenvalue weighted by atomic mass is 16.5. The lowest BCUT2D eigenvalue weighted by Gasteiger charge is -2.36. The molecular weight excluding hydrogens is 236 g/mol. The molecule has 2 rings (SSSR count). The van der Waals surface area contributed by atoms with Gasteiger partial charge in [0.25, 0.3) is 0 Å². The van der Waals surface area contributed by atoms with Gasteiger partial charge in [-0.3, -0.25) is 0 Å². The molecule has 1 saturated heterocycles. The van der Waals surface area contributed by atoms with E-state index in [2.05, 4.69) is 43.0 Å². The number of benzene rings is 1. The van der Waals surface area contributed by atoms with E-state index in [9.17, 15) is 0 Å². The van der Waals surface area contributed by atoms with Gasteiger partial charge < -0.3 is 15.4 Å². The molecule has 1 heterocycles. The minimum absolute atomic E-state index is 0.128. The molecule has 106 valence electrons. The van der Waals surface area contributed by atoms with Crippen molar-refractivity contribution in [2.24, 2.45) is 5.73 Å². The number of hydrogen-bond acceptors (Lipinski definition) is 3. The first-order valence-electron chi connectivity index (χ1n) is 7.47. The maximum atomic E-state index is 6.24. The van der Waals surface area contributed by atoms with Crippen LogP contribution in [0.1, 0.15) is 44.7 Å². The lowest BCUT2D eigenvalue weighted by molar-refractivity contribution is 0.0526. The van der Waals surface area contributed by atoms with Crippen LogP contribution in [0.2, 0.25) is 0 Å². The third-order valence-corrected chi connectivity index (χ3v) is 3.90. The zero-order chi connectivity index (χ0) is 13.7. The van der Waals surface area contributed by atoms with Gasteiger partial charge in [-0.2, -0.15) is 0 Å². The van der Waals surface area contributed by atoms with Crippen molar-refractivity contribution in [3.8, 4) is 0 Å². The first kappa shape index (κ1) is 14.4. The summed E-state index contributed by atoms with van der Waals surface area (Å²) in [7, 11) is 0. The highest BCUT2D eigenvalue weighted by Gasteiger charge is 2.22. The normalized spacial score (nSPS) is 21.4. The Bertz CT molecular complexity index is 392. The SMILES string of the molecule is CCOC1CCCN(c2ccccc2[C@H](N)CC)C1. The summed E-state index contributed by atoms with van der Waals surface area (Å²) in [5.74, 6) is 0. The van der Waals surface area contributed by atoms with Crippen LogP contribution in [0, 0.1) is 0 Å². The first-order chi connectivity index (χ1) is 9.26. The van der Waals surface area contributed by atoms with Crippen molar-refractivity contribution in [2.45, 2.75) is 45.3 Å². The maximum absolute atomic E-state index is 6.24. The van der Waals surface area contributed by atoms with Crippen LogP contribution >= 0.6 is 0 Å². The molecule has 1 aliphatic heterocycles. The van der Waals surface area contributed by atoms with E-state index in [1.807, 2.05) is 0 Å². The van der Waals surface area contributed by atoms with Crippen molar-refractivity contribution in [3.63, 3.8) is 0 Å². The molecule has 3 nitrogen and oxygen atoms in total. The predicted octanol–water partition coefficient (Wildman–Crippen LogP) is 3.10. The quantitative estimate of drug-likeness (QED) is 0.886. The highest BCUT2D eigenvalue weighted by Crippen LogP contribution is 2.29. The van der Waals surface area contributed by atoms with Crippen LogP contribution in [-0.4, -0.2) is 25.8 Å². The summed E-state index contributed by atoms with van der Waals surface area (Å²) in [5, 5.41) is 0. The highest BCUT2D eigenvalue weighted by molar-refractivity contribution is 5.55. The van der Waals surface area contributed by atoms with Gasteiger partial charge in [0.05, 0.1) is 6.10 Å². The van der Waals surface area contributed by atoms with Crippen LogP contribution in [0.25, 0.3) is 0 Å². The van der Waals surface area contributed by atoms with Crippen molar-refractivity contribution in [3.05, 3.63) is 29.8 Å². The molecule has 0 saturated carbocycles. The molecule has 0 bridgehead atoms. The van der Waals surface area contributed by atoms with Gasteiger partial charge in [-0.05, 0) is 37.8 Å². The van der Waals surface area contributed by atoms with Crippen LogP contribution < -0.4 is 10.6 Å². The molecule has 0 amide bonds. The van der Waals surface area contributed by atoms with Crippen molar-refractivity contribution < 1.29 is 4.74 Å². The fraction of sp³-hybridized carbons (Fsp3) is 0.625. The average molecular weight is 262 g/mol. The van der Waals surface area contributed by atoms with Gasteiger partial charge in [0, 0.05) is 31.4 Å². The van der Waals surface area contributed by atoms with Gasteiger partial charge in [0.2, 0.25) is 0 Å².